The van der Waals surface area contributed by atoms with Crippen molar-refractivity contribution in [2.24, 2.45) is 13.0 Å². The molecule has 0 atom stereocenters. The maximum Gasteiger partial charge on any atom is 0.115 e. The van der Waals surface area contributed by atoms with Crippen LogP contribution in [0.3, 0.4) is 0 Å². The monoisotopic (exact) mass is 256 g/mol. The maximum absolute atomic E-state index is 9.38. The van der Waals surface area contributed by atoms with Crippen LogP contribution in [0.4, 0.5) is 0 Å². The van der Waals surface area contributed by atoms with Gasteiger partial charge < -0.3 is 9.67 Å². The summed E-state index contributed by atoms with van der Waals surface area (Å²) in [5.41, 5.74) is 3.47. The lowest BCUT2D eigenvalue weighted by Crippen LogP contribution is -2.05. The van der Waals surface area contributed by atoms with Gasteiger partial charge in [0, 0.05) is 18.3 Å². The highest BCUT2D eigenvalue weighted by molar-refractivity contribution is 5.62. The third-order valence-electron chi connectivity index (χ3n) is 4.16. The molecule has 100 valence electrons. The van der Waals surface area contributed by atoms with E-state index in [1.165, 1.54) is 31.4 Å². The fourth-order valence-corrected chi connectivity index (χ4v) is 3.04. The summed E-state index contributed by atoms with van der Waals surface area (Å²) in [7, 11) is 2.07. The minimum Gasteiger partial charge on any atom is -0.508 e. The van der Waals surface area contributed by atoms with Gasteiger partial charge in [0.15, 0.2) is 0 Å². The van der Waals surface area contributed by atoms with Crippen molar-refractivity contribution < 1.29 is 5.11 Å². The zero-order chi connectivity index (χ0) is 13.2. The number of hydrogen-bond acceptors (Lipinski definition) is 2. The molecule has 3 nitrogen and oxygen atoms in total. The number of aromatic nitrogens is 2. The van der Waals surface area contributed by atoms with Crippen LogP contribution in [0.25, 0.3) is 11.3 Å². The van der Waals surface area contributed by atoms with Crippen LogP contribution in [0.15, 0.2) is 30.6 Å². The fraction of sp³-hybridized carbons (Fsp3) is 0.438. The summed E-state index contributed by atoms with van der Waals surface area (Å²) >= 11 is 0. The van der Waals surface area contributed by atoms with Crippen LogP contribution in [0.1, 0.15) is 31.4 Å². The second-order valence-corrected chi connectivity index (χ2v) is 5.55. The van der Waals surface area contributed by atoms with Crippen molar-refractivity contribution in [3.8, 4) is 17.0 Å². The average molecular weight is 256 g/mol. The molecule has 0 unspecified atom stereocenters. The van der Waals surface area contributed by atoms with Crippen LogP contribution >= 0.6 is 0 Å². The van der Waals surface area contributed by atoms with Gasteiger partial charge in [-0.1, -0.05) is 25.7 Å². The van der Waals surface area contributed by atoms with Gasteiger partial charge in [0.1, 0.15) is 5.75 Å². The summed E-state index contributed by atoms with van der Waals surface area (Å²) in [6.45, 7) is 0. The number of hydrogen-bond donors (Lipinski definition) is 1. The molecule has 0 aliphatic heterocycles. The van der Waals surface area contributed by atoms with Crippen molar-refractivity contribution >= 4 is 0 Å². The van der Waals surface area contributed by atoms with Crippen molar-refractivity contribution in [3.05, 3.63) is 36.3 Å². The van der Waals surface area contributed by atoms with Gasteiger partial charge in [0.05, 0.1) is 12.0 Å². The Morgan fingerprint density at radius 1 is 1.21 bits per heavy atom. The number of imidazole rings is 1. The summed E-state index contributed by atoms with van der Waals surface area (Å²) in [6, 6.07) is 7.33. The minimum atomic E-state index is 0.303. The molecule has 0 amide bonds. The smallest absolute Gasteiger partial charge is 0.115 e. The Morgan fingerprint density at radius 3 is 2.58 bits per heavy atom. The first kappa shape index (κ1) is 12.3. The van der Waals surface area contributed by atoms with Gasteiger partial charge in [0.25, 0.3) is 0 Å². The molecule has 0 saturated heterocycles. The van der Waals surface area contributed by atoms with Crippen LogP contribution in [-0.2, 0) is 13.5 Å². The Bertz CT molecular complexity index is 551. The van der Waals surface area contributed by atoms with Gasteiger partial charge in [-0.25, -0.2) is 4.98 Å². The second kappa shape index (κ2) is 5.08. The van der Waals surface area contributed by atoms with E-state index in [0.717, 1.165) is 23.6 Å². The molecule has 0 spiro atoms. The van der Waals surface area contributed by atoms with Gasteiger partial charge in [0.2, 0.25) is 0 Å². The van der Waals surface area contributed by atoms with E-state index >= 15 is 0 Å². The fourth-order valence-electron chi connectivity index (χ4n) is 3.04. The second-order valence-electron chi connectivity index (χ2n) is 5.55. The summed E-state index contributed by atoms with van der Waals surface area (Å²) in [4.78, 5) is 4.54. The molecule has 2 aromatic rings. The van der Waals surface area contributed by atoms with E-state index in [1.807, 2.05) is 18.5 Å². The molecule has 0 bridgehead atoms. The molecule has 1 heterocycles. The quantitative estimate of drug-likeness (QED) is 0.912. The molecule has 1 N–H and O–H groups in total. The molecule has 1 aromatic heterocycles. The van der Waals surface area contributed by atoms with Gasteiger partial charge >= 0.3 is 0 Å². The van der Waals surface area contributed by atoms with E-state index in [-0.39, 0.29) is 0 Å². The number of phenols is 1. The van der Waals surface area contributed by atoms with Gasteiger partial charge in [-0.05, 0) is 36.6 Å². The molecule has 19 heavy (non-hydrogen) atoms. The van der Waals surface area contributed by atoms with E-state index in [1.54, 1.807) is 12.1 Å². The zero-order valence-electron chi connectivity index (χ0n) is 11.3. The number of phenolic OH excluding ortho intramolecular Hbond substituents is 1. The van der Waals surface area contributed by atoms with Crippen molar-refractivity contribution in [2.75, 3.05) is 0 Å². The SMILES string of the molecule is Cn1cnc(-c2ccc(O)cc2)c1CC1CCCC1. The lowest BCUT2D eigenvalue weighted by atomic mass is 9.98. The van der Waals surface area contributed by atoms with E-state index < -0.39 is 0 Å². The standard InChI is InChI=1S/C16H20N2O/c1-18-11-17-16(13-6-8-14(19)9-7-13)15(18)10-12-4-2-3-5-12/h6-9,11-12,19H,2-5,10H2,1H3. The van der Waals surface area contributed by atoms with E-state index in [0.29, 0.717) is 5.75 Å². The Balaban J connectivity index is 1.91. The Kier molecular flexibility index (Phi) is 3.28. The molecule has 3 rings (SSSR count). The highest BCUT2D eigenvalue weighted by Gasteiger charge is 2.20. The lowest BCUT2D eigenvalue weighted by Gasteiger charge is -2.11. The van der Waals surface area contributed by atoms with Crippen LogP contribution in [0.5, 0.6) is 5.75 Å². The van der Waals surface area contributed by atoms with Crippen LogP contribution in [0.2, 0.25) is 0 Å². The first-order valence-corrected chi connectivity index (χ1v) is 7.03. The molecular weight excluding hydrogens is 236 g/mol. The van der Waals surface area contributed by atoms with Gasteiger partial charge in [-0.15, -0.1) is 0 Å². The molecule has 1 fully saturated rings. The highest BCUT2D eigenvalue weighted by Crippen LogP contribution is 2.31. The van der Waals surface area contributed by atoms with Crippen molar-refractivity contribution in [2.45, 2.75) is 32.1 Å². The summed E-state index contributed by atoms with van der Waals surface area (Å²) < 4.78 is 2.14. The average Bonchev–Trinajstić information content (AvgIpc) is 3.03. The number of aryl methyl sites for hydroxylation is 1. The Labute approximate surface area is 113 Å². The Morgan fingerprint density at radius 2 is 1.89 bits per heavy atom. The van der Waals surface area contributed by atoms with Crippen LogP contribution in [-0.4, -0.2) is 14.7 Å². The zero-order valence-corrected chi connectivity index (χ0v) is 11.3. The topological polar surface area (TPSA) is 38.0 Å². The van der Waals surface area contributed by atoms with E-state index in [2.05, 4.69) is 16.6 Å². The predicted octanol–water partition coefficient (Wildman–Crippen LogP) is 3.53. The third-order valence-corrected chi connectivity index (χ3v) is 4.16. The number of rotatable bonds is 3. The predicted molar refractivity (Wildman–Crippen MR) is 76.0 cm³/mol. The van der Waals surface area contributed by atoms with Crippen LogP contribution in [0, 0.1) is 5.92 Å². The molecule has 1 aliphatic rings. The van der Waals surface area contributed by atoms with Crippen molar-refractivity contribution in [1.82, 2.24) is 9.55 Å². The third kappa shape index (κ3) is 2.50. The lowest BCUT2D eigenvalue weighted by molar-refractivity contribution is 0.475. The first-order valence-electron chi connectivity index (χ1n) is 7.03. The Hall–Kier alpha value is -1.77. The molecule has 1 saturated carbocycles. The van der Waals surface area contributed by atoms with E-state index in [4.69, 9.17) is 0 Å². The maximum atomic E-state index is 9.38. The van der Waals surface area contributed by atoms with E-state index in [9.17, 15) is 5.11 Å². The molecule has 1 aliphatic carbocycles. The number of benzene rings is 1. The van der Waals surface area contributed by atoms with Gasteiger partial charge in [-0.3, -0.25) is 0 Å². The highest BCUT2D eigenvalue weighted by atomic mass is 16.3. The summed E-state index contributed by atoms with van der Waals surface area (Å²) in [6.07, 6.45) is 8.45. The molecule has 0 radical (unpaired) electrons. The van der Waals surface area contributed by atoms with Gasteiger partial charge in [-0.2, -0.15) is 0 Å². The first-order chi connectivity index (χ1) is 9.24. The van der Waals surface area contributed by atoms with Crippen molar-refractivity contribution in [3.63, 3.8) is 0 Å². The molecule has 3 heteroatoms. The minimum absolute atomic E-state index is 0.303. The summed E-state index contributed by atoms with van der Waals surface area (Å²) in [5, 5.41) is 9.38. The molecular formula is C16H20N2O. The number of nitrogens with zero attached hydrogens (tertiary/aromatic N) is 2. The normalized spacial score (nSPS) is 16.1. The number of aromatic hydroxyl groups is 1. The largest absolute Gasteiger partial charge is 0.508 e. The molecule has 1 aromatic carbocycles. The van der Waals surface area contributed by atoms with Crippen molar-refractivity contribution in [1.29, 1.82) is 0 Å². The van der Waals surface area contributed by atoms with Crippen LogP contribution < -0.4 is 0 Å². The summed E-state index contributed by atoms with van der Waals surface area (Å²) in [5.74, 6) is 1.11.